The first-order chi connectivity index (χ1) is 5.33. The molecular formula is C8H8ClNS. The lowest BCUT2D eigenvalue weighted by atomic mass is 10.3. The van der Waals surface area contributed by atoms with Crippen LogP contribution in [0.2, 0.25) is 5.02 Å². The molecule has 0 aliphatic carbocycles. The predicted octanol–water partition coefficient (Wildman–Crippen LogP) is 2.68. The summed E-state index contributed by atoms with van der Waals surface area (Å²) in [5.41, 5.74) is 0.906. The molecule has 0 aliphatic heterocycles. The van der Waals surface area contributed by atoms with Gasteiger partial charge in [-0.1, -0.05) is 17.7 Å². The Kier molecular flexibility index (Phi) is 3.46. The highest BCUT2D eigenvalue weighted by Gasteiger charge is 1.87. The maximum Gasteiger partial charge on any atom is 0.0627 e. The highest BCUT2D eigenvalue weighted by molar-refractivity contribution is 7.80. The van der Waals surface area contributed by atoms with Gasteiger partial charge in [0.1, 0.15) is 0 Å². The van der Waals surface area contributed by atoms with Crippen molar-refractivity contribution < 1.29 is 0 Å². The van der Waals surface area contributed by atoms with Crippen LogP contribution in [0.1, 0.15) is 5.69 Å². The average molecular weight is 186 g/mol. The number of aromatic nitrogens is 1. The van der Waals surface area contributed by atoms with E-state index in [-0.39, 0.29) is 0 Å². The second-order valence-electron chi connectivity index (χ2n) is 1.99. The molecule has 1 aromatic rings. The average Bonchev–Trinajstić information content (AvgIpc) is 2.04. The normalized spacial score (nSPS) is 10.7. The topological polar surface area (TPSA) is 12.9 Å². The summed E-state index contributed by atoms with van der Waals surface area (Å²) in [5, 5.41) is 0.660. The van der Waals surface area contributed by atoms with E-state index >= 15 is 0 Å². The Labute approximate surface area is 76.5 Å². The molecule has 0 unspecified atom stereocenters. The Balaban J connectivity index is 2.73. The van der Waals surface area contributed by atoms with Gasteiger partial charge in [0.05, 0.1) is 10.7 Å². The van der Waals surface area contributed by atoms with Gasteiger partial charge in [-0.15, -0.1) is 0 Å². The Morgan fingerprint density at radius 3 is 2.91 bits per heavy atom. The highest BCUT2D eigenvalue weighted by Crippen LogP contribution is 2.06. The zero-order valence-corrected chi connectivity index (χ0v) is 7.52. The molecule has 58 valence electrons. The lowest BCUT2D eigenvalue weighted by Crippen LogP contribution is -1.77. The van der Waals surface area contributed by atoms with Crippen molar-refractivity contribution in [2.24, 2.45) is 0 Å². The summed E-state index contributed by atoms with van der Waals surface area (Å²) >= 11 is 9.67. The fourth-order valence-electron chi connectivity index (χ4n) is 0.659. The molecule has 1 heterocycles. The number of pyridine rings is 1. The monoisotopic (exact) mass is 185 g/mol. The smallest absolute Gasteiger partial charge is 0.0627 e. The van der Waals surface area contributed by atoms with Crippen molar-refractivity contribution in [2.45, 2.75) is 0 Å². The molecule has 0 spiro atoms. The van der Waals surface area contributed by atoms with Gasteiger partial charge >= 0.3 is 0 Å². The Morgan fingerprint density at radius 2 is 2.36 bits per heavy atom. The molecule has 0 bridgehead atoms. The van der Waals surface area contributed by atoms with Gasteiger partial charge in [-0.05, 0) is 18.2 Å². The first-order valence-corrected chi connectivity index (χ1v) is 4.23. The largest absolute Gasteiger partial charge is 0.255 e. The molecule has 11 heavy (non-hydrogen) atoms. The third-order valence-corrected chi connectivity index (χ3v) is 1.58. The molecule has 0 aliphatic rings. The van der Waals surface area contributed by atoms with E-state index in [0.29, 0.717) is 5.02 Å². The van der Waals surface area contributed by atoms with Gasteiger partial charge in [0.15, 0.2) is 0 Å². The van der Waals surface area contributed by atoms with Gasteiger partial charge in [0, 0.05) is 11.9 Å². The van der Waals surface area contributed by atoms with Crippen LogP contribution in [-0.2, 0) is 0 Å². The van der Waals surface area contributed by atoms with E-state index in [1.807, 2.05) is 24.3 Å². The van der Waals surface area contributed by atoms with Crippen LogP contribution in [0.25, 0.3) is 6.08 Å². The third-order valence-electron chi connectivity index (χ3n) is 1.14. The molecular weight excluding hydrogens is 178 g/mol. The van der Waals surface area contributed by atoms with Crippen LogP contribution in [0.4, 0.5) is 0 Å². The van der Waals surface area contributed by atoms with Gasteiger partial charge in [-0.25, -0.2) is 0 Å². The molecule has 1 rings (SSSR count). The summed E-state index contributed by atoms with van der Waals surface area (Å²) in [4.78, 5) is 4.06. The van der Waals surface area contributed by atoms with Crippen LogP contribution in [0, 0.1) is 0 Å². The summed E-state index contributed by atoms with van der Waals surface area (Å²) in [6.07, 6.45) is 5.46. The van der Waals surface area contributed by atoms with Gasteiger partial charge in [-0.2, -0.15) is 12.6 Å². The Morgan fingerprint density at radius 1 is 1.55 bits per heavy atom. The van der Waals surface area contributed by atoms with Crippen molar-refractivity contribution in [3.63, 3.8) is 0 Å². The molecule has 0 fully saturated rings. The number of halogens is 1. The van der Waals surface area contributed by atoms with Crippen LogP contribution in [0.15, 0.2) is 24.4 Å². The van der Waals surface area contributed by atoms with E-state index < -0.39 is 0 Å². The fraction of sp³-hybridized carbons (Fsp3) is 0.125. The number of hydrogen-bond donors (Lipinski definition) is 1. The highest BCUT2D eigenvalue weighted by atomic mass is 35.5. The van der Waals surface area contributed by atoms with Gasteiger partial charge in [0.25, 0.3) is 0 Å². The Bertz CT molecular complexity index is 243. The summed E-state index contributed by atoms with van der Waals surface area (Å²) in [6.45, 7) is 0. The zero-order chi connectivity index (χ0) is 8.10. The maximum atomic E-state index is 5.64. The van der Waals surface area contributed by atoms with Crippen molar-refractivity contribution in [3.8, 4) is 0 Å². The molecule has 3 heteroatoms. The second-order valence-corrected chi connectivity index (χ2v) is 2.79. The first kappa shape index (κ1) is 8.62. The van der Waals surface area contributed by atoms with Crippen molar-refractivity contribution in [3.05, 3.63) is 35.1 Å². The summed E-state index contributed by atoms with van der Waals surface area (Å²) in [7, 11) is 0. The van der Waals surface area contributed by atoms with E-state index in [1.54, 1.807) is 6.20 Å². The molecule has 0 radical (unpaired) electrons. The minimum absolute atomic E-state index is 0.660. The van der Waals surface area contributed by atoms with E-state index in [1.165, 1.54) is 0 Å². The van der Waals surface area contributed by atoms with Crippen LogP contribution < -0.4 is 0 Å². The van der Waals surface area contributed by atoms with Crippen LogP contribution in [0.5, 0.6) is 0 Å². The van der Waals surface area contributed by atoms with E-state index in [4.69, 9.17) is 11.6 Å². The number of rotatable bonds is 2. The lowest BCUT2D eigenvalue weighted by molar-refractivity contribution is 1.29. The van der Waals surface area contributed by atoms with Crippen molar-refractivity contribution in [1.82, 2.24) is 4.98 Å². The first-order valence-electron chi connectivity index (χ1n) is 3.22. The molecule has 0 amide bonds. The second kappa shape index (κ2) is 4.42. The molecule has 0 saturated heterocycles. The van der Waals surface area contributed by atoms with Gasteiger partial charge in [-0.3, -0.25) is 4.98 Å². The summed E-state index contributed by atoms with van der Waals surface area (Å²) in [6, 6.07) is 3.68. The molecule has 1 nitrogen and oxygen atoms in total. The van der Waals surface area contributed by atoms with Crippen LogP contribution >= 0.6 is 24.2 Å². The van der Waals surface area contributed by atoms with Crippen LogP contribution in [0.3, 0.4) is 0 Å². The molecule has 0 saturated carbocycles. The number of hydrogen-bond acceptors (Lipinski definition) is 2. The molecule has 0 atom stereocenters. The quantitative estimate of drug-likeness (QED) is 0.700. The molecule has 0 N–H and O–H groups in total. The maximum absolute atomic E-state index is 5.64. The van der Waals surface area contributed by atoms with Gasteiger partial charge < -0.3 is 0 Å². The van der Waals surface area contributed by atoms with Crippen molar-refractivity contribution in [1.29, 1.82) is 0 Å². The minimum Gasteiger partial charge on any atom is -0.255 e. The summed E-state index contributed by atoms with van der Waals surface area (Å²) in [5.74, 6) is 0.726. The molecule has 0 aromatic carbocycles. The standard InChI is InChI=1S/C8H8ClNS/c9-7-3-4-8(10-6-7)2-1-5-11/h1-4,6,11H,5H2. The third kappa shape index (κ3) is 2.95. The van der Waals surface area contributed by atoms with Gasteiger partial charge in [0.2, 0.25) is 0 Å². The fourth-order valence-corrected chi connectivity index (χ4v) is 0.876. The number of nitrogens with zero attached hydrogens (tertiary/aromatic N) is 1. The van der Waals surface area contributed by atoms with Crippen molar-refractivity contribution >= 4 is 30.3 Å². The predicted molar refractivity (Wildman–Crippen MR) is 52.1 cm³/mol. The molecule has 1 aromatic heterocycles. The van der Waals surface area contributed by atoms with E-state index in [9.17, 15) is 0 Å². The van der Waals surface area contributed by atoms with Crippen molar-refractivity contribution in [2.75, 3.05) is 5.75 Å². The Hall–Kier alpha value is -0.470. The number of thiol groups is 1. The SMILES string of the molecule is SCC=Cc1ccc(Cl)cn1. The lowest BCUT2D eigenvalue weighted by Gasteiger charge is -1.90. The van der Waals surface area contributed by atoms with Crippen LogP contribution in [-0.4, -0.2) is 10.7 Å². The zero-order valence-electron chi connectivity index (χ0n) is 5.87. The van der Waals surface area contributed by atoms with E-state index in [2.05, 4.69) is 17.6 Å². The summed E-state index contributed by atoms with van der Waals surface area (Å²) < 4.78 is 0. The van der Waals surface area contributed by atoms with E-state index in [0.717, 1.165) is 11.4 Å². The minimum atomic E-state index is 0.660.